The van der Waals surface area contributed by atoms with E-state index in [1.165, 1.54) is 32.0 Å². The fourth-order valence-corrected chi connectivity index (χ4v) is 1.55. The maximum atomic E-state index is 11.8. The first-order valence-corrected chi connectivity index (χ1v) is 4.56. The van der Waals surface area contributed by atoms with E-state index in [0.29, 0.717) is 0 Å². The monoisotopic (exact) mass is 222 g/mol. The van der Waals surface area contributed by atoms with Crippen LogP contribution in [0.2, 0.25) is 0 Å². The van der Waals surface area contributed by atoms with Crippen LogP contribution in [0.4, 0.5) is 0 Å². The average molecular weight is 222 g/mol. The van der Waals surface area contributed by atoms with Crippen molar-refractivity contribution in [1.29, 1.82) is 0 Å². The summed E-state index contributed by atoms with van der Waals surface area (Å²) in [4.78, 5) is 39.0. The molecule has 84 valence electrons. The Bertz CT molecular complexity index is 750. The van der Waals surface area contributed by atoms with Crippen LogP contribution in [0.3, 0.4) is 0 Å². The molecule has 0 radical (unpaired) electrons. The maximum absolute atomic E-state index is 11.8. The van der Waals surface area contributed by atoms with Gasteiger partial charge in [0.2, 0.25) is 0 Å². The Labute approximate surface area is 89.2 Å². The highest BCUT2D eigenvalue weighted by Crippen LogP contribution is 1.95. The summed E-state index contributed by atoms with van der Waals surface area (Å²) < 4.78 is 3.28. The number of nitrogens with zero attached hydrogens (tertiary/aromatic N) is 4. The molecule has 7 nitrogen and oxygen atoms in total. The molecule has 0 atom stereocenters. The average Bonchev–Trinajstić information content (AvgIpc) is 2.27. The lowest BCUT2D eigenvalue weighted by atomic mass is 10.4. The van der Waals surface area contributed by atoms with Crippen LogP contribution in [0.1, 0.15) is 0 Å². The minimum Gasteiger partial charge on any atom is -0.301 e. The molecule has 0 unspecified atom stereocenters. The molecule has 0 aliphatic rings. The Morgan fingerprint density at radius 2 is 1.62 bits per heavy atom. The third kappa shape index (κ3) is 1.14. The van der Waals surface area contributed by atoms with E-state index in [0.717, 1.165) is 9.13 Å². The van der Waals surface area contributed by atoms with Crippen molar-refractivity contribution >= 4 is 11.0 Å². The molecule has 0 bridgehead atoms. The topological polar surface area (TPSA) is 78.9 Å². The van der Waals surface area contributed by atoms with Crippen molar-refractivity contribution in [3.05, 3.63) is 37.5 Å². The van der Waals surface area contributed by atoms with E-state index in [4.69, 9.17) is 0 Å². The van der Waals surface area contributed by atoms with Crippen LogP contribution in [0.15, 0.2) is 20.7 Å². The lowest BCUT2D eigenvalue weighted by Gasteiger charge is -2.06. The third-order valence-electron chi connectivity index (χ3n) is 2.52. The van der Waals surface area contributed by atoms with Crippen molar-refractivity contribution in [2.24, 2.45) is 21.1 Å². The van der Waals surface area contributed by atoms with Crippen LogP contribution in [-0.2, 0) is 21.1 Å². The SMILES string of the molecule is Cn1cnc2c(=O)n(C)c(=O)n(C)c2c1=O. The fraction of sp³-hybridized carbons (Fsp3) is 0.333. The Kier molecular flexibility index (Phi) is 2.04. The molecule has 0 saturated heterocycles. The van der Waals surface area contributed by atoms with Crippen molar-refractivity contribution in [3.63, 3.8) is 0 Å². The summed E-state index contributed by atoms with van der Waals surface area (Å²) in [6, 6.07) is 0. The largest absolute Gasteiger partial charge is 0.331 e. The summed E-state index contributed by atoms with van der Waals surface area (Å²) in [6.45, 7) is 0. The minimum atomic E-state index is -0.559. The second-order valence-corrected chi connectivity index (χ2v) is 3.56. The Morgan fingerprint density at radius 1 is 1.00 bits per heavy atom. The Balaban J connectivity index is 3.30. The molecule has 0 fully saturated rings. The van der Waals surface area contributed by atoms with Crippen molar-refractivity contribution in [2.45, 2.75) is 0 Å². The summed E-state index contributed by atoms with van der Waals surface area (Å²) >= 11 is 0. The van der Waals surface area contributed by atoms with Crippen molar-refractivity contribution in [2.75, 3.05) is 0 Å². The highest BCUT2D eigenvalue weighted by atomic mass is 16.2. The van der Waals surface area contributed by atoms with Crippen molar-refractivity contribution in [3.8, 4) is 0 Å². The Hall–Kier alpha value is -2.18. The van der Waals surface area contributed by atoms with Gasteiger partial charge in [0.05, 0.1) is 6.33 Å². The van der Waals surface area contributed by atoms with E-state index >= 15 is 0 Å². The predicted octanol–water partition coefficient (Wildman–Crippen LogP) is -1.67. The molecule has 2 rings (SSSR count). The summed E-state index contributed by atoms with van der Waals surface area (Å²) in [6.07, 6.45) is 1.26. The summed E-state index contributed by atoms with van der Waals surface area (Å²) in [5.74, 6) is 0. The molecule has 16 heavy (non-hydrogen) atoms. The lowest BCUT2D eigenvalue weighted by Crippen LogP contribution is -2.40. The quantitative estimate of drug-likeness (QED) is 0.534. The molecule has 2 aromatic heterocycles. The van der Waals surface area contributed by atoms with Crippen molar-refractivity contribution in [1.82, 2.24) is 18.7 Å². The van der Waals surface area contributed by atoms with E-state index in [9.17, 15) is 14.4 Å². The van der Waals surface area contributed by atoms with Gasteiger partial charge in [0.15, 0.2) is 5.52 Å². The number of aryl methyl sites for hydroxylation is 2. The molecule has 0 aromatic carbocycles. The van der Waals surface area contributed by atoms with E-state index in [2.05, 4.69) is 4.98 Å². The molecule has 2 aromatic rings. The van der Waals surface area contributed by atoms with Crippen LogP contribution >= 0.6 is 0 Å². The van der Waals surface area contributed by atoms with Gasteiger partial charge in [-0.3, -0.25) is 18.7 Å². The highest BCUT2D eigenvalue weighted by Gasteiger charge is 2.12. The Morgan fingerprint density at radius 3 is 2.25 bits per heavy atom. The van der Waals surface area contributed by atoms with E-state index in [1.54, 1.807) is 0 Å². The van der Waals surface area contributed by atoms with Crippen LogP contribution in [0.5, 0.6) is 0 Å². The standard InChI is InChI=1S/C9H10N4O3/c1-11-4-10-5-6(8(11)15)12(2)9(16)13(3)7(5)14/h4H,1-3H3. The summed E-state index contributed by atoms with van der Waals surface area (Å²) in [5.41, 5.74) is -1.48. The number of aromatic nitrogens is 4. The van der Waals surface area contributed by atoms with Gasteiger partial charge in [0.1, 0.15) is 5.52 Å². The number of hydrogen-bond acceptors (Lipinski definition) is 4. The molecule has 0 amide bonds. The van der Waals surface area contributed by atoms with Gasteiger partial charge in [-0.2, -0.15) is 0 Å². The van der Waals surface area contributed by atoms with Gasteiger partial charge in [0, 0.05) is 21.1 Å². The van der Waals surface area contributed by atoms with Gasteiger partial charge in [-0.15, -0.1) is 0 Å². The molecule has 0 spiro atoms. The molecule has 2 heterocycles. The molecule has 0 N–H and O–H groups in total. The van der Waals surface area contributed by atoms with Crippen molar-refractivity contribution < 1.29 is 0 Å². The predicted molar refractivity (Wildman–Crippen MR) is 57.5 cm³/mol. The van der Waals surface area contributed by atoms with Gasteiger partial charge >= 0.3 is 5.69 Å². The summed E-state index contributed by atoms with van der Waals surface area (Å²) in [5, 5.41) is 0. The number of rotatable bonds is 0. The molecule has 0 aliphatic carbocycles. The first-order chi connectivity index (χ1) is 7.45. The molecule has 0 aliphatic heterocycles. The van der Waals surface area contributed by atoms with E-state index in [1.807, 2.05) is 0 Å². The second kappa shape index (κ2) is 3.16. The third-order valence-corrected chi connectivity index (χ3v) is 2.52. The highest BCUT2D eigenvalue weighted by molar-refractivity contribution is 5.71. The lowest BCUT2D eigenvalue weighted by molar-refractivity contribution is 0.698. The molecular weight excluding hydrogens is 212 g/mol. The smallest absolute Gasteiger partial charge is 0.301 e. The van der Waals surface area contributed by atoms with Gasteiger partial charge in [-0.05, 0) is 0 Å². The number of fused-ring (bicyclic) bond motifs is 1. The number of hydrogen-bond donors (Lipinski definition) is 0. The zero-order valence-electron chi connectivity index (χ0n) is 9.09. The molecule has 7 heteroatoms. The fourth-order valence-electron chi connectivity index (χ4n) is 1.55. The van der Waals surface area contributed by atoms with Crippen LogP contribution in [0, 0.1) is 0 Å². The summed E-state index contributed by atoms with van der Waals surface area (Å²) in [7, 11) is 4.30. The van der Waals surface area contributed by atoms with Crippen LogP contribution in [0.25, 0.3) is 11.0 Å². The second-order valence-electron chi connectivity index (χ2n) is 3.56. The minimum absolute atomic E-state index is 0.00713. The molecule has 0 saturated carbocycles. The first-order valence-electron chi connectivity index (χ1n) is 4.56. The normalized spacial score (nSPS) is 10.9. The zero-order chi connectivity index (χ0) is 12.0. The first kappa shape index (κ1) is 10.3. The maximum Gasteiger partial charge on any atom is 0.331 e. The van der Waals surface area contributed by atoms with Gasteiger partial charge in [-0.25, -0.2) is 9.78 Å². The van der Waals surface area contributed by atoms with E-state index < -0.39 is 16.8 Å². The zero-order valence-corrected chi connectivity index (χ0v) is 9.09. The van der Waals surface area contributed by atoms with Gasteiger partial charge in [0.25, 0.3) is 11.1 Å². The van der Waals surface area contributed by atoms with E-state index in [-0.39, 0.29) is 11.0 Å². The van der Waals surface area contributed by atoms with Gasteiger partial charge < -0.3 is 4.57 Å². The van der Waals surface area contributed by atoms with Crippen LogP contribution < -0.4 is 16.8 Å². The molecular formula is C9H10N4O3. The van der Waals surface area contributed by atoms with Gasteiger partial charge in [-0.1, -0.05) is 0 Å². The van der Waals surface area contributed by atoms with Crippen LogP contribution in [-0.4, -0.2) is 18.7 Å².